The Kier molecular flexibility index (Phi) is 4.08. The fourth-order valence-corrected chi connectivity index (χ4v) is 3.44. The topological polar surface area (TPSA) is 90.2 Å². The van der Waals surface area contributed by atoms with Crippen LogP contribution in [0.2, 0.25) is 0 Å². The molecule has 0 aliphatic carbocycles. The standard InChI is InChI=1S/C13H17N5O3S/c1-11-2-4-12(5-3-11)22(19,20)10-18-13(14-15-16-18)17-6-8-21-9-7-17/h2-5H,6-10H2,1H3. The summed E-state index contributed by atoms with van der Waals surface area (Å²) in [4.78, 5) is 2.19. The van der Waals surface area contributed by atoms with Gasteiger partial charge in [-0.2, -0.15) is 4.68 Å². The normalized spacial score (nSPS) is 16.0. The summed E-state index contributed by atoms with van der Waals surface area (Å²) in [5, 5.41) is 11.4. The van der Waals surface area contributed by atoms with E-state index in [2.05, 4.69) is 15.5 Å². The molecule has 118 valence electrons. The third-order valence-electron chi connectivity index (χ3n) is 3.48. The smallest absolute Gasteiger partial charge is 0.246 e. The number of sulfone groups is 1. The third kappa shape index (κ3) is 3.09. The summed E-state index contributed by atoms with van der Waals surface area (Å²) in [6.45, 7) is 4.36. The Hall–Kier alpha value is -2.00. The van der Waals surface area contributed by atoms with Crippen molar-refractivity contribution < 1.29 is 13.2 Å². The van der Waals surface area contributed by atoms with E-state index in [1.165, 1.54) is 4.68 Å². The van der Waals surface area contributed by atoms with Gasteiger partial charge in [0.25, 0.3) is 0 Å². The number of tetrazole rings is 1. The zero-order valence-corrected chi connectivity index (χ0v) is 13.0. The van der Waals surface area contributed by atoms with Crippen molar-refractivity contribution in [1.82, 2.24) is 20.2 Å². The van der Waals surface area contributed by atoms with Crippen molar-refractivity contribution in [2.24, 2.45) is 0 Å². The summed E-state index contributed by atoms with van der Waals surface area (Å²) in [6, 6.07) is 6.75. The minimum atomic E-state index is -3.50. The van der Waals surface area contributed by atoms with Gasteiger partial charge in [-0.15, -0.1) is 0 Å². The van der Waals surface area contributed by atoms with E-state index in [0.717, 1.165) is 5.56 Å². The van der Waals surface area contributed by atoms with E-state index in [1.54, 1.807) is 24.3 Å². The number of aryl methyl sites for hydroxylation is 1. The molecule has 3 rings (SSSR count). The monoisotopic (exact) mass is 323 g/mol. The van der Waals surface area contributed by atoms with Crippen molar-refractivity contribution in [3.05, 3.63) is 29.8 Å². The molecule has 1 aromatic heterocycles. The lowest BCUT2D eigenvalue weighted by atomic mass is 10.2. The van der Waals surface area contributed by atoms with E-state index in [0.29, 0.717) is 32.3 Å². The maximum atomic E-state index is 12.5. The molecule has 0 N–H and O–H groups in total. The number of anilines is 1. The van der Waals surface area contributed by atoms with E-state index >= 15 is 0 Å². The molecule has 0 atom stereocenters. The van der Waals surface area contributed by atoms with Gasteiger partial charge in [0.15, 0.2) is 15.7 Å². The van der Waals surface area contributed by atoms with Gasteiger partial charge in [-0.3, -0.25) is 0 Å². The number of benzene rings is 1. The lowest BCUT2D eigenvalue weighted by molar-refractivity contribution is 0.121. The van der Waals surface area contributed by atoms with Gasteiger partial charge in [0.1, 0.15) is 0 Å². The molecule has 22 heavy (non-hydrogen) atoms. The maximum absolute atomic E-state index is 12.5. The summed E-state index contributed by atoms with van der Waals surface area (Å²) in [6.07, 6.45) is 0. The number of hydrogen-bond acceptors (Lipinski definition) is 7. The van der Waals surface area contributed by atoms with Crippen molar-refractivity contribution in [2.75, 3.05) is 31.2 Å². The van der Waals surface area contributed by atoms with Crippen molar-refractivity contribution in [3.63, 3.8) is 0 Å². The second-order valence-corrected chi connectivity index (χ2v) is 7.09. The average molecular weight is 323 g/mol. The summed E-state index contributed by atoms with van der Waals surface area (Å²) in [5.41, 5.74) is 1.01. The first-order chi connectivity index (χ1) is 10.6. The molecule has 2 heterocycles. The maximum Gasteiger partial charge on any atom is 0.246 e. The largest absolute Gasteiger partial charge is 0.378 e. The number of rotatable bonds is 4. The Morgan fingerprint density at radius 2 is 1.86 bits per heavy atom. The van der Waals surface area contributed by atoms with E-state index in [4.69, 9.17) is 4.74 Å². The van der Waals surface area contributed by atoms with Crippen LogP contribution in [0.4, 0.5) is 5.95 Å². The van der Waals surface area contributed by atoms with E-state index in [9.17, 15) is 8.42 Å². The molecule has 0 amide bonds. The van der Waals surface area contributed by atoms with E-state index in [-0.39, 0.29) is 10.8 Å². The highest BCUT2D eigenvalue weighted by atomic mass is 32.2. The molecular weight excluding hydrogens is 306 g/mol. The summed E-state index contributed by atoms with van der Waals surface area (Å²) < 4.78 is 31.6. The Balaban J connectivity index is 1.83. The van der Waals surface area contributed by atoms with Gasteiger partial charge in [0.05, 0.1) is 18.1 Å². The molecule has 1 saturated heterocycles. The van der Waals surface area contributed by atoms with Crippen LogP contribution in [-0.2, 0) is 20.5 Å². The Bertz CT molecular complexity index is 735. The molecule has 0 radical (unpaired) electrons. The zero-order valence-electron chi connectivity index (χ0n) is 12.2. The fourth-order valence-electron chi connectivity index (χ4n) is 2.25. The number of morpholine rings is 1. The van der Waals surface area contributed by atoms with E-state index < -0.39 is 9.84 Å². The molecule has 0 bridgehead atoms. The molecule has 0 saturated carbocycles. The van der Waals surface area contributed by atoms with Crippen LogP contribution < -0.4 is 4.90 Å². The van der Waals surface area contributed by atoms with Crippen LogP contribution in [-0.4, -0.2) is 54.9 Å². The summed E-state index contributed by atoms with van der Waals surface area (Å²) >= 11 is 0. The van der Waals surface area contributed by atoms with Crippen LogP contribution >= 0.6 is 0 Å². The first-order valence-corrected chi connectivity index (χ1v) is 8.60. The van der Waals surface area contributed by atoms with Crippen LogP contribution in [0.3, 0.4) is 0 Å². The van der Waals surface area contributed by atoms with Gasteiger partial charge >= 0.3 is 0 Å². The van der Waals surface area contributed by atoms with Gasteiger partial charge in [0.2, 0.25) is 5.95 Å². The van der Waals surface area contributed by atoms with Crippen LogP contribution in [0.1, 0.15) is 5.56 Å². The quantitative estimate of drug-likeness (QED) is 0.796. The first kappa shape index (κ1) is 14.9. The molecule has 2 aromatic rings. The second kappa shape index (κ2) is 6.01. The van der Waals surface area contributed by atoms with Gasteiger partial charge in [-0.1, -0.05) is 22.8 Å². The highest BCUT2D eigenvalue weighted by molar-refractivity contribution is 7.90. The predicted octanol–water partition coefficient (Wildman–Crippen LogP) is 0.250. The molecule has 1 aromatic carbocycles. The Morgan fingerprint density at radius 1 is 1.18 bits per heavy atom. The van der Waals surface area contributed by atoms with Gasteiger partial charge in [0, 0.05) is 13.1 Å². The van der Waals surface area contributed by atoms with Crippen molar-refractivity contribution in [3.8, 4) is 0 Å². The molecule has 0 spiro atoms. The first-order valence-electron chi connectivity index (χ1n) is 6.94. The Labute approximate surface area is 128 Å². The summed E-state index contributed by atoms with van der Waals surface area (Å²) in [5.74, 6) is 0.175. The lowest BCUT2D eigenvalue weighted by Gasteiger charge is -2.26. The molecular formula is C13H17N5O3S. The number of ether oxygens (including phenoxy) is 1. The Morgan fingerprint density at radius 3 is 2.55 bits per heavy atom. The SMILES string of the molecule is Cc1ccc(S(=O)(=O)Cn2nnnc2N2CCOCC2)cc1. The molecule has 0 unspecified atom stereocenters. The van der Waals surface area contributed by atoms with Crippen molar-refractivity contribution in [1.29, 1.82) is 0 Å². The number of hydrogen-bond donors (Lipinski definition) is 0. The summed E-state index contributed by atoms with van der Waals surface area (Å²) in [7, 11) is -3.50. The molecule has 1 aliphatic rings. The predicted molar refractivity (Wildman–Crippen MR) is 79.2 cm³/mol. The average Bonchev–Trinajstić information content (AvgIpc) is 2.96. The van der Waals surface area contributed by atoms with Gasteiger partial charge in [-0.05, 0) is 29.5 Å². The highest BCUT2D eigenvalue weighted by Gasteiger charge is 2.22. The molecule has 1 aliphatic heterocycles. The van der Waals surface area contributed by atoms with Crippen LogP contribution in [0.25, 0.3) is 0 Å². The van der Waals surface area contributed by atoms with Crippen molar-refractivity contribution >= 4 is 15.8 Å². The fraction of sp³-hybridized carbons (Fsp3) is 0.462. The minimum Gasteiger partial charge on any atom is -0.378 e. The molecule has 9 heteroatoms. The van der Waals surface area contributed by atoms with Crippen LogP contribution in [0.15, 0.2) is 29.2 Å². The molecule has 8 nitrogen and oxygen atoms in total. The number of aromatic nitrogens is 4. The number of nitrogens with zero attached hydrogens (tertiary/aromatic N) is 5. The van der Waals surface area contributed by atoms with Gasteiger partial charge in [-0.25, -0.2) is 8.42 Å². The van der Waals surface area contributed by atoms with E-state index in [1.807, 2.05) is 11.8 Å². The van der Waals surface area contributed by atoms with Crippen LogP contribution in [0, 0.1) is 6.92 Å². The molecule has 1 fully saturated rings. The lowest BCUT2D eigenvalue weighted by Crippen LogP contribution is -2.38. The van der Waals surface area contributed by atoms with Gasteiger partial charge < -0.3 is 9.64 Å². The van der Waals surface area contributed by atoms with Crippen molar-refractivity contribution in [2.45, 2.75) is 17.7 Å². The highest BCUT2D eigenvalue weighted by Crippen LogP contribution is 2.17. The minimum absolute atomic E-state index is 0.265. The second-order valence-electron chi connectivity index (χ2n) is 5.13. The third-order valence-corrected chi connectivity index (χ3v) is 5.05. The van der Waals surface area contributed by atoms with Crippen LogP contribution in [0.5, 0.6) is 0 Å². The zero-order chi connectivity index (χ0) is 15.6.